The summed E-state index contributed by atoms with van der Waals surface area (Å²) in [6.45, 7) is 7.76. The molecule has 1 aromatic carbocycles. The van der Waals surface area contributed by atoms with E-state index in [1.54, 1.807) is 4.90 Å². The first-order chi connectivity index (χ1) is 13.3. The summed E-state index contributed by atoms with van der Waals surface area (Å²) in [5.74, 6) is -0.754. The Hall–Kier alpha value is -2.25. The monoisotopic (exact) mass is 384 g/mol. The Morgan fingerprint density at radius 3 is 2.79 bits per heavy atom. The van der Waals surface area contributed by atoms with Crippen molar-refractivity contribution in [3.63, 3.8) is 0 Å². The first-order valence-electron chi connectivity index (χ1n) is 10.1. The predicted octanol–water partition coefficient (Wildman–Crippen LogP) is 0.925. The molecule has 2 fully saturated rings. The third-order valence-electron chi connectivity index (χ3n) is 6.27. The highest BCUT2D eigenvalue weighted by atomic mass is 16.2. The van der Waals surface area contributed by atoms with Crippen molar-refractivity contribution < 1.29 is 14.4 Å². The number of hydrogen-bond donors (Lipinski definition) is 3. The lowest BCUT2D eigenvalue weighted by atomic mass is 9.80. The summed E-state index contributed by atoms with van der Waals surface area (Å²) in [6, 6.07) is 5.82. The van der Waals surface area contributed by atoms with Crippen LogP contribution in [0.2, 0.25) is 0 Å². The molecule has 3 N–H and O–H groups in total. The molecule has 3 heterocycles. The lowest BCUT2D eigenvalue weighted by Crippen LogP contribution is -2.52. The van der Waals surface area contributed by atoms with E-state index in [9.17, 15) is 14.4 Å². The summed E-state index contributed by atoms with van der Waals surface area (Å²) in [7, 11) is 0. The molecule has 150 valence electrons. The second kappa shape index (κ2) is 7.29. The van der Waals surface area contributed by atoms with Crippen molar-refractivity contribution in [1.29, 1.82) is 0 Å². The molecule has 0 saturated carbocycles. The number of nitrogens with one attached hydrogen (secondary N) is 3. The Balaban J connectivity index is 1.44. The molecule has 3 amide bonds. The van der Waals surface area contributed by atoms with E-state index < -0.39 is 6.04 Å². The molecule has 2 saturated heterocycles. The van der Waals surface area contributed by atoms with Crippen LogP contribution in [0.1, 0.15) is 54.6 Å². The summed E-state index contributed by atoms with van der Waals surface area (Å²) in [5.41, 5.74) is 2.97. The molecular formula is C21H28N4O3. The van der Waals surface area contributed by atoms with Gasteiger partial charge in [0.1, 0.15) is 6.04 Å². The van der Waals surface area contributed by atoms with E-state index in [0.717, 1.165) is 37.2 Å². The SMILES string of the molecule is CC1(C)CNCCC1NCc1ccc2c(c1)CN(C1CCC(=O)NC1=O)C2=O. The van der Waals surface area contributed by atoms with Gasteiger partial charge in [0, 0.05) is 37.7 Å². The molecule has 3 aliphatic rings. The predicted molar refractivity (Wildman–Crippen MR) is 104 cm³/mol. The van der Waals surface area contributed by atoms with Crippen LogP contribution in [0.25, 0.3) is 0 Å². The fourth-order valence-corrected chi connectivity index (χ4v) is 4.53. The Morgan fingerprint density at radius 2 is 2.04 bits per heavy atom. The summed E-state index contributed by atoms with van der Waals surface area (Å²) in [4.78, 5) is 37.9. The van der Waals surface area contributed by atoms with Gasteiger partial charge < -0.3 is 15.5 Å². The van der Waals surface area contributed by atoms with E-state index in [1.807, 2.05) is 12.1 Å². The number of carbonyl (C=O) groups is 3. The van der Waals surface area contributed by atoms with E-state index >= 15 is 0 Å². The maximum Gasteiger partial charge on any atom is 0.255 e. The number of fused-ring (bicyclic) bond motifs is 1. The van der Waals surface area contributed by atoms with E-state index in [4.69, 9.17) is 0 Å². The summed E-state index contributed by atoms with van der Waals surface area (Å²) < 4.78 is 0. The number of hydrogen-bond acceptors (Lipinski definition) is 5. The van der Waals surface area contributed by atoms with E-state index in [-0.39, 0.29) is 29.6 Å². The van der Waals surface area contributed by atoms with Gasteiger partial charge in [-0.1, -0.05) is 26.0 Å². The summed E-state index contributed by atoms with van der Waals surface area (Å²) in [6.07, 6.45) is 1.76. The van der Waals surface area contributed by atoms with Crippen LogP contribution in [0.4, 0.5) is 0 Å². The maximum atomic E-state index is 12.8. The Labute approximate surface area is 165 Å². The Morgan fingerprint density at radius 1 is 1.21 bits per heavy atom. The molecule has 3 aliphatic heterocycles. The standard InChI is InChI=1S/C21H28N4O3/c1-21(2)12-22-8-7-17(21)23-10-13-3-4-15-14(9-13)11-25(20(15)28)16-5-6-18(26)24-19(16)27/h3-4,9,16-17,22-23H,5-8,10-12H2,1-2H3,(H,24,26,27). The van der Waals surface area contributed by atoms with Gasteiger partial charge in [-0.2, -0.15) is 0 Å². The molecule has 4 rings (SSSR count). The molecule has 2 atom stereocenters. The minimum Gasteiger partial charge on any atom is -0.322 e. The van der Waals surface area contributed by atoms with Crippen molar-refractivity contribution in [3.8, 4) is 0 Å². The zero-order valence-electron chi connectivity index (χ0n) is 16.5. The topological polar surface area (TPSA) is 90.5 Å². The average molecular weight is 384 g/mol. The van der Waals surface area contributed by atoms with Crippen molar-refractivity contribution in [1.82, 2.24) is 20.9 Å². The van der Waals surface area contributed by atoms with Gasteiger partial charge in [-0.3, -0.25) is 19.7 Å². The zero-order chi connectivity index (χ0) is 19.9. The molecule has 0 aliphatic carbocycles. The molecule has 1 aromatic rings. The number of rotatable bonds is 4. The molecule has 2 unspecified atom stereocenters. The Bertz CT molecular complexity index is 820. The van der Waals surface area contributed by atoms with Gasteiger partial charge >= 0.3 is 0 Å². The highest BCUT2D eigenvalue weighted by Crippen LogP contribution is 2.29. The summed E-state index contributed by atoms with van der Waals surface area (Å²) >= 11 is 0. The number of piperidine rings is 2. The number of carbonyl (C=O) groups excluding carboxylic acids is 3. The fourth-order valence-electron chi connectivity index (χ4n) is 4.53. The quantitative estimate of drug-likeness (QED) is 0.672. The first-order valence-corrected chi connectivity index (χ1v) is 10.1. The number of benzene rings is 1. The van der Waals surface area contributed by atoms with Gasteiger partial charge in [0.15, 0.2) is 0 Å². The van der Waals surface area contributed by atoms with Gasteiger partial charge in [-0.05, 0) is 42.0 Å². The highest BCUT2D eigenvalue weighted by molar-refractivity contribution is 6.05. The van der Waals surface area contributed by atoms with Crippen molar-refractivity contribution >= 4 is 17.7 Å². The smallest absolute Gasteiger partial charge is 0.255 e. The fraction of sp³-hybridized carbons (Fsp3) is 0.571. The van der Waals surface area contributed by atoms with Crippen LogP contribution in [0.15, 0.2) is 18.2 Å². The van der Waals surface area contributed by atoms with Gasteiger partial charge in [0.05, 0.1) is 0 Å². The van der Waals surface area contributed by atoms with Crippen LogP contribution in [-0.4, -0.2) is 47.8 Å². The van der Waals surface area contributed by atoms with E-state index in [2.05, 4.69) is 35.9 Å². The molecule has 0 radical (unpaired) electrons. The zero-order valence-corrected chi connectivity index (χ0v) is 16.5. The van der Waals surface area contributed by atoms with Crippen LogP contribution in [-0.2, 0) is 22.7 Å². The molecule has 28 heavy (non-hydrogen) atoms. The third kappa shape index (κ3) is 3.56. The van der Waals surface area contributed by atoms with Crippen molar-refractivity contribution in [3.05, 3.63) is 34.9 Å². The second-order valence-electron chi connectivity index (χ2n) is 8.78. The van der Waals surface area contributed by atoms with Gasteiger partial charge in [-0.25, -0.2) is 0 Å². The number of nitrogens with zero attached hydrogens (tertiary/aromatic N) is 1. The van der Waals surface area contributed by atoms with Gasteiger partial charge in [0.2, 0.25) is 11.8 Å². The van der Waals surface area contributed by atoms with Gasteiger partial charge in [0.25, 0.3) is 5.91 Å². The Kier molecular flexibility index (Phi) is 4.97. The van der Waals surface area contributed by atoms with Gasteiger partial charge in [-0.15, -0.1) is 0 Å². The van der Waals surface area contributed by atoms with Crippen LogP contribution in [0.3, 0.4) is 0 Å². The number of imide groups is 1. The van der Waals surface area contributed by atoms with Crippen LogP contribution >= 0.6 is 0 Å². The highest BCUT2D eigenvalue weighted by Gasteiger charge is 2.39. The molecule has 7 nitrogen and oxygen atoms in total. The average Bonchev–Trinajstić information content (AvgIpc) is 2.96. The summed E-state index contributed by atoms with van der Waals surface area (Å²) in [5, 5.41) is 9.47. The minimum atomic E-state index is -0.560. The number of amides is 3. The third-order valence-corrected chi connectivity index (χ3v) is 6.27. The van der Waals surface area contributed by atoms with E-state index in [1.165, 1.54) is 0 Å². The molecule has 7 heteroatoms. The normalized spacial score (nSPS) is 26.9. The molecule has 0 aromatic heterocycles. The second-order valence-corrected chi connectivity index (χ2v) is 8.78. The van der Waals surface area contributed by atoms with Crippen molar-refractivity contribution in [2.24, 2.45) is 5.41 Å². The lowest BCUT2D eigenvalue weighted by molar-refractivity contribution is -0.136. The van der Waals surface area contributed by atoms with Crippen molar-refractivity contribution in [2.75, 3.05) is 13.1 Å². The molecule has 0 bridgehead atoms. The van der Waals surface area contributed by atoms with Crippen LogP contribution < -0.4 is 16.0 Å². The van der Waals surface area contributed by atoms with Crippen molar-refractivity contribution in [2.45, 2.75) is 58.3 Å². The lowest BCUT2D eigenvalue weighted by Gasteiger charge is -2.39. The van der Waals surface area contributed by atoms with Crippen LogP contribution in [0.5, 0.6) is 0 Å². The van der Waals surface area contributed by atoms with E-state index in [0.29, 0.717) is 24.6 Å². The molecular weight excluding hydrogens is 356 g/mol. The minimum absolute atomic E-state index is 0.122. The first kappa shape index (κ1) is 19.1. The van der Waals surface area contributed by atoms with Crippen LogP contribution in [0, 0.1) is 5.41 Å². The largest absolute Gasteiger partial charge is 0.322 e. The maximum absolute atomic E-state index is 12.8. The molecule has 0 spiro atoms.